The Morgan fingerprint density at radius 1 is 1.71 bits per heavy atom. The van der Waals surface area contributed by atoms with Crippen LogP contribution in [0.5, 0.6) is 0 Å². The Labute approximate surface area is 93.9 Å². The molecule has 1 saturated heterocycles. The van der Waals surface area contributed by atoms with Gasteiger partial charge in [-0.05, 0) is 19.8 Å². The fourth-order valence-corrected chi connectivity index (χ4v) is 2.89. The summed E-state index contributed by atoms with van der Waals surface area (Å²) in [6.07, 6.45) is 1.92. The van der Waals surface area contributed by atoms with Crippen LogP contribution in [0.15, 0.2) is 0 Å². The Kier molecular flexibility index (Phi) is 4.68. The molecule has 3 nitrogen and oxygen atoms in total. The highest BCUT2D eigenvalue weighted by atomic mass is 32.2. The number of aliphatic carboxylic acids is 1. The number of thiocarbonyl (C=S) groups is 1. The van der Waals surface area contributed by atoms with Crippen LogP contribution < -0.4 is 0 Å². The average molecular weight is 233 g/mol. The van der Waals surface area contributed by atoms with Gasteiger partial charge in [0.15, 0.2) is 0 Å². The standard InChI is InChI=1S/C9H15NO2S2/c1-7-6-14-9(13)10(7)5-3-2-4-8(11)12/h7H,2-6H2,1H3,(H,11,12). The van der Waals surface area contributed by atoms with Crippen molar-refractivity contribution in [1.82, 2.24) is 4.90 Å². The van der Waals surface area contributed by atoms with Crippen molar-refractivity contribution in [2.75, 3.05) is 12.3 Å². The van der Waals surface area contributed by atoms with Gasteiger partial charge in [0.1, 0.15) is 4.32 Å². The molecule has 1 aliphatic rings. The quantitative estimate of drug-likeness (QED) is 0.580. The Hall–Kier alpha value is -0.290. The first kappa shape index (κ1) is 11.8. The Balaban J connectivity index is 2.17. The summed E-state index contributed by atoms with van der Waals surface area (Å²) in [4.78, 5) is 12.5. The fourth-order valence-electron chi connectivity index (χ4n) is 1.41. The van der Waals surface area contributed by atoms with E-state index in [4.69, 9.17) is 17.3 Å². The van der Waals surface area contributed by atoms with Crippen molar-refractivity contribution in [3.05, 3.63) is 0 Å². The number of nitrogens with zero attached hydrogens (tertiary/aromatic N) is 1. The van der Waals surface area contributed by atoms with E-state index < -0.39 is 5.97 Å². The van der Waals surface area contributed by atoms with E-state index in [9.17, 15) is 4.79 Å². The largest absolute Gasteiger partial charge is 0.481 e. The highest BCUT2D eigenvalue weighted by Crippen LogP contribution is 2.24. The van der Waals surface area contributed by atoms with Crippen LogP contribution in [-0.4, -0.2) is 38.6 Å². The molecule has 1 heterocycles. The summed E-state index contributed by atoms with van der Waals surface area (Å²) in [5.41, 5.74) is 0. The molecule has 0 amide bonds. The molecule has 1 fully saturated rings. The number of thioether (sulfide) groups is 1. The lowest BCUT2D eigenvalue weighted by Crippen LogP contribution is -2.31. The number of carboxylic acid groups (broad SMARTS) is 1. The number of rotatable bonds is 5. The van der Waals surface area contributed by atoms with Gasteiger partial charge < -0.3 is 10.0 Å². The summed E-state index contributed by atoms with van der Waals surface area (Å²) in [6, 6.07) is 0.511. The Morgan fingerprint density at radius 3 is 2.93 bits per heavy atom. The molecule has 14 heavy (non-hydrogen) atoms. The maximum Gasteiger partial charge on any atom is 0.303 e. The monoisotopic (exact) mass is 233 g/mol. The molecule has 0 aliphatic carbocycles. The summed E-state index contributed by atoms with van der Waals surface area (Å²) >= 11 is 6.91. The smallest absolute Gasteiger partial charge is 0.303 e. The second kappa shape index (κ2) is 5.56. The number of hydrogen-bond donors (Lipinski definition) is 1. The third-order valence-electron chi connectivity index (χ3n) is 2.25. The molecule has 1 aliphatic heterocycles. The van der Waals surface area contributed by atoms with Crippen molar-refractivity contribution in [2.24, 2.45) is 0 Å². The molecular weight excluding hydrogens is 218 g/mol. The molecule has 0 aromatic heterocycles. The fraction of sp³-hybridized carbons (Fsp3) is 0.778. The molecule has 0 aromatic carbocycles. The molecule has 5 heteroatoms. The van der Waals surface area contributed by atoms with Gasteiger partial charge in [0.05, 0.1) is 0 Å². The average Bonchev–Trinajstić information content (AvgIpc) is 2.42. The number of carbonyl (C=O) groups is 1. The lowest BCUT2D eigenvalue weighted by molar-refractivity contribution is -0.137. The number of unbranched alkanes of at least 4 members (excludes halogenated alkanes) is 1. The summed E-state index contributed by atoms with van der Waals surface area (Å²) in [6.45, 7) is 3.06. The van der Waals surface area contributed by atoms with Crippen LogP contribution in [0.4, 0.5) is 0 Å². The van der Waals surface area contributed by atoms with Crippen LogP contribution in [0.25, 0.3) is 0 Å². The van der Waals surface area contributed by atoms with Gasteiger partial charge in [0.2, 0.25) is 0 Å². The van der Waals surface area contributed by atoms with Gasteiger partial charge in [0, 0.05) is 24.8 Å². The lowest BCUT2D eigenvalue weighted by Gasteiger charge is -2.22. The summed E-state index contributed by atoms with van der Waals surface area (Å²) < 4.78 is 0.966. The van der Waals surface area contributed by atoms with Crippen molar-refractivity contribution in [3.63, 3.8) is 0 Å². The van der Waals surface area contributed by atoms with E-state index in [2.05, 4.69) is 11.8 Å². The van der Waals surface area contributed by atoms with Gasteiger partial charge in [0.25, 0.3) is 0 Å². The van der Waals surface area contributed by atoms with Gasteiger partial charge in [-0.1, -0.05) is 24.0 Å². The molecular formula is C9H15NO2S2. The highest BCUT2D eigenvalue weighted by molar-refractivity contribution is 8.23. The zero-order chi connectivity index (χ0) is 10.6. The second-order valence-electron chi connectivity index (χ2n) is 3.47. The first-order chi connectivity index (χ1) is 6.61. The van der Waals surface area contributed by atoms with Gasteiger partial charge in [-0.25, -0.2) is 0 Å². The zero-order valence-electron chi connectivity index (χ0n) is 8.23. The first-order valence-electron chi connectivity index (χ1n) is 4.76. The molecule has 0 radical (unpaired) electrons. The van der Waals surface area contributed by atoms with E-state index in [0.717, 1.165) is 29.5 Å². The third-order valence-corrected chi connectivity index (χ3v) is 3.97. The van der Waals surface area contributed by atoms with E-state index in [0.29, 0.717) is 6.04 Å². The molecule has 0 bridgehead atoms. The van der Waals surface area contributed by atoms with Crippen molar-refractivity contribution >= 4 is 34.3 Å². The molecule has 0 saturated carbocycles. The Morgan fingerprint density at radius 2 is 2.43 bits per heavy atom. The van der Waals surface area contributed by atoms with E-state index >= 15 is 0 Å². The van der Waals surface area contributed by atoms with E-state index in [1.54, 1.807) is 11.8 Å². The molecule has 1 atom stereocenters. The molecule has 1 unspecified atom stereocenters. The van der Waals surface area contributed by atoms with Crippen molar-refractivity contribution in [1.29, 1.82) is 0 Å². The first-order valence-corrected chi connectivity index (χ1v) is 6.16. The summed E-state index contributed by atoms with van der Waals surface area (Å²) in [5.74, 6) is 0.356. The van der Waals surface area contributed by atoms with Crippen molar-refractivity contribution < 1.29 is 9.90 Å². The van der Waals surface area contributed by atoms with Crippen molar-refractivity contribution in [3.8, 4) is 0 Å². The normalized spacial score (nSPS) is 21.6. The highest BCUT2D eigenvalue weighted by Gasteiger charge is 2.24. The van der Waals surface area contributed by atoms with Crippen LogP contribution in [-0.2, 0) is 4.79 Å². The van der Waals surface area contributed by atoms with Crippen LogP contribution >= 0.6 is 24.0 Å². The molecule has 80 valence electrons. The van der Waals surface area contributed by atoms with Gasteiger partial charge in [-0.3, -0.25) is 4.79 Å². The van der Waals surface area contributed by atoms with E-state index in [1.807, 2.05) is 0 Å². The van der Waals surface area contributed by atoms with Gasteiger partial charge in [-0.15, -0.1) is 0 Å². The minimum atomic E-state index is -0.712. The molecule has 1 N–H and O–H groups in total. The Bertz CT molecular complexity index is 233. The van der Waals surface area contributed by atoms with Crippen LogP contribution in [0, 0.1) is 0 Å². The van der Waals surface area contributed by atoms with Crippen LogP contribution in [0.1, 0.15) is 26.2 Å². The number of carboxylic acids is 1. The topological polar surface area (TPSA) is 40.5 Å². The predicted octanol–water partition coefficient (Wildman–Crippen LogP) is 1.96. The van der Waals surface area contributed by atoms with E-state index in [-0.39, 0.29) is 6.42 Å². The molecule has 1 rings (SSSR count). The maximum absolute atomic E-state index is 10.3. The zero-order valence-corrected chi connectivity index (χ0v) is 9.87. The van der Waals surface area contributed by atoms with Crippen LogP contribution in [0.2, 0.25) is 0 Å². The van der Waals surface area contributed by atoms with Crippen LogP contribution in [0.3, 0.4) is 0 Å². The molecule has 0 spiro atoms. The maximum atomic E-state index is 10.3. The predicted molar refractivity (Wildman–Crippen MR) is 62.7 cm³/mol. The third kappa shape index (κ3) is 3.46. The van der Waals surface area contributed by atoms with Gasteiger partial charge in [-0.2, -0.15) is 0 Å². The summed E-state index contributed by atoms with van der Waals surface area (Å²) in [5, 5.41) is 8.47. The van der Waals surface area contributed by atoms with Crippen molar-refractivity contribution in [2.45, 2.75) is 32.2 Å². The summed E-state index contributed by atoms with van der Waals surface area (Å²) in [7, 11) is 0. The minimum absolute atomic E-state index is 0.266. The number of hydrogen-bond acceptors (Lipinski definition) is 3. The lowest BCUT2D eigenvalue weighted by atomic mass is 10.2. The molecule has 0 aromatic rings. The second-order valence-corrected chi connectivity index (χ2v) is 5.12. The van der Waals surface area contributed by atoms with Gasteiger partial charge >= 0.3 is 5.97 Å². The van der Waals surface area contributed by atoms with E-state index in [1.165, 1.54) is 0 Å². The minimum Gasteiger partial charge on any atom is -0.481 e. The SMILES string of the molecule is CC1CSC(=S)N1CCCCC(=O)O.